The van der Waals surface area contributed by atoms with Crippen LogP contribution in [0, 0.1) is 19.3 Å². The number of anilines is 1. The number of aromatic nitrogens is 1. The largest absolute Gasteiger partial charge is 0.384 e. The van der Waals surface area contributed by atoms with E-state index in [-0.39, 0.29) is 5.84 Å². The van der Waals surface area contributed by atoms with Crippen molar-refractivity contribution in [2.24, 2.45) is 5.73 Å². The number of nitrogens with zero attached hydrogens (tertiary/aromatic N) is 2. The summed E-state index contributed by atoms with van der Waals surface area (Å²) >= 11 is 0. The molecule has 0 aliphatic heterocycles. The maximum absolute atomic E-state index is 7.69. The number of nitrogens with one attached hydrogen (secondary N) is 1. The maximum atomic E-state index is 7.69. The van der Waals surface area contributed by atoms with Gasteiger partial charge < -0.3 is 10.6 Å². The van der Waals surface area contributed by atoms with E-state index in [4.69, 9.17) is 11.1 Å². The van der Waals surface area contributed by atoms with Gasteiger partial charge in [-0.05, 0) is 33.3 Å². The highest BCUT2D eigenvalue weighted by Gasteiger charge is 2.17. The van der Waals surface area contributed by atoms with Gasteiger partial charge in [-0.2, -0.15) is 0 Å². The van der Waals surface area contributed by atoms with Gasteiger partial charge in [-0.1, -0.05) is 6.92 Å². The Bertz CT molecular complexity index is 426. The van der Waals surface area contributed by atoms with Crippen molar-refractivity contribution >= 4 is 11.5 Å². The van der Waals surface area contributed by atoms with E-state index >= 15 is 0 Å². The summed E-state index contributed by atoms with van der Waals surface area (Å²) in [7, 11) is 2.04. The molecule has 0 spiro atoms. The lowest BCUT2D eigenvalue weighted by atomic mass is 10.1. The third kappa shape index (κ3) is 2.75. The molecule has 0 fully saturated rings. The van der Waals surface area contributed by atoms with Gasteiger partial charge in [0, 0.05) is 18.8 Å². The van der Waals surface area contributed by atoms with Crippen LogP contribution in [-0.4, -0.2) is 23.9 Å². The zero-order valence-electron chi connectivity index (χ0n) is 11.3. The number of rotatable bonds is 4. The van der Waals surface area contributed by atoms with Gasteiger partial charge in [0.05, 0.1) is 16.9 Å². The van der Waals surface area contributed by atoms with E-state index in [1.54, 1.807) is 0 Å². The van der Waals surface area contributed by atoms with E-state index in [0.29, 0.717) is 6.04 Å². The first-order valence-electron chi connectivity index (χ1n) is 5.93. The zero-order valence-corrected chi connectivity index (χ0v) is 11.3. The summed E-state index contributed by atoms with van der Waals surface area (Å²) in [6.07, 6.45) is 1.05. The molecule has 0 amide bonds. The maximum Gasteiger partial charge on any atom is 0.126 e. The number of nitrogens with two attached hydrogens (primary N) is 1. The summed E-state index contributed by atoms with van der Waals surface area (Å²) in [5, 5.41) is 7.69. The van der Waals surface area contributed by atoms with E-state index < -0.39 is 0 Å². The summed E-state index contributed by atoms with van der Waals surface area (Å²) in [4.78, 5) is 6.54. The fraction of sp³-hybridized carbons (Fsp3) is 0.538. The second-order valence-corrected chi connectivity index (χ2v) is 4.53. The Hall–Kier alpha value is -1.58. The molecule has 0 aliphatic carbocycles. The lowest BCUT2D eigenvalue weighted by molar-refractivity contribution is 0.662. The van der Waals surface area contributed by atoms with E-state index in [1.807, 2.05) is 27.0 Å². The summed E-state index contributed by atoms with van der Waals surface area (Å²) < 4.78 is 0. The second-order valence-electron chi connectivity index (χ2n) is 4.53. The first-order chi connectivity index (χ1) is 7.88. The van der Waals surface area contributed by atoms with Crippen molar-refractivity contribution < 1.29 is 0 Å². The first-order valence-corrected chi connectivity index (χ1v) is 5.93. The molecule has 1 atom stereocenters. The number of amidine groups is 1. The van der Waals surface area contributed by atoms with Crippen molar-refractivity contribution in [3.63, 3.8) is 0 Å². The second kappa shape index (κ2) is 5.17. The van der Waals surface area contributed by atoms with Crippen LogP contribution in [0.1, 0.15) is 37.2 Å². The molecule has 94 valence electrons. The summed E-state index contributed by atoms with van der Waals surface area (Å²) in [5.74, 6) is 0.0835. The average molecular weight is 234 g/mol. The van der Waals surface area contributed by atoms with E-state index in [1.165, 1.54) is 0 Å². The smallest absolute Gasteiger partial charge is 0.126 e. The minimum Gasteiger partial charge on any atom is -0.384 e. The van der Waals surface area contributed by atoms with Crippen molar-refractivity contribution in [1.29, 1.82) is 5.41 Å². The molecule has 1 aromatic heterocycles. The number of nitrogen functional groups attached to an aromatic ring is 1. The Kier molecular flexibility index (Phi) is 4.10. The molecule has 3 N–H and O–H groups in total. The lowest BCUT2D eigenvalue weighted by Gasteiger charge is -2.28. The first kappa shape index (κ1) is 13.5. The minimum atomic E-state index is 0.0835. The Balaban J connectivity index is 3.35. The third-order valence-corrected chi connectivity index (χ3v) is 3.21. The van der Waals surface area contributed by atoms with Crippen LogP contribution in [-0.2, 0) is 0 Å². The standard InChI is InChI=1S/C13H22N4/c1-6-9(3)17(5)11-7-8(2)16-10(4)12(11)13(14)15/h7,9H,6H2,1-5H3,(H3,14,15). The molecule has 17 heavy (non-hydrogen) atoms. The number of hydrogen-bond donors (Lipinski definition) is 2. The van der Waals surface area contributed by atoms with Gasteiger partial charge in [0.15, 0.2) is 0 Å². The Morgan fingerprint density at radius 1 is 1.53 bits per heavy atom. The molecule has 0 saturated carbocycles. The normalized spacial score (nSPS) is 12.3. The van der Waals surface area contributed by atoms with Crippen LogP contribution >= 0.6 is 0 Å². The van der Waals surface area contributed by atoms with Gasteiger partial charge in [-0.25, -0.2) is 0 Å². The van der Waals surface area contributed by atoms with Gasteiger partial charge in [0.2, 0.25) is 0 Å². The molecule has 1 heterocycles. The fourth-order valence-electron chi connectivity index (χ4n) is 1.93. The van der Waals surface area contributed by atoms with E-state index in [0.717, 1.165) is 29.1 Å². The predicted molar refractivity (Wildman–Crippen MR) is 72.9 cm³/mol. The number of hydrogen-bond acceptors (Lipinski definition) is 3. The van der Waals surface area contributed by atoms with E-state index in [9.17, 15) is 0 Å². The van der Waals surface area contributed by atoms with Crippen LogP contribution in [0.25, 0.3) is 0 Å². The summed E-state index contributed by atoms with van der Waals surface area (Å²) in [5.41, 5.74) is 9.19. The average Bonchev–Trinajstić information content (AvgIpc) is 2.25. The molecule has 0 bridgehead atoms. The highest BCUT2D eigenvalue weighted by molar-refractivity contribution is 6.01. The van der Waals surface area contributed by atoms with Gasteiger partial charge in [0.25, 0.3) is 0 Å². The van der Waals surface area contributed by atoms with Crippen molar-refractivity contribution in [2.45, 2.75) is 40.2 Å². The van der Waals surface area contributed by atoms with Gasteiger partial charge in [-0.3, -0.25) is 10.4 Å². The van der Waals surface area contributed by atoms with Crippen molar-refractivity contribution in [3.8, 4) is 0 Å². The van der Waals surface area contributed by atoms with Gasteiger partial charge in [-0.15, -0.1) is 0 Å². The Labute approximate surface area is 103 Å². The molecule has 1 unspecified atom stereocenters. The van der Waals surface area contributed by atoms with Crippen LogP contribution in [0.15, 0.2) is 6.07 Å². The molecule has 4 nitrogen and oxygen atoms in total. The van der Waals surface area contributed by atoms with E-state index in [2.05, 4.69) is 23.7 Å². The van der Waals surface area contributed by atoms with Crippen molar-refractivity contribution in [2.75, 3.05) is 11.9 Å². The monoisotopic (exact) mass is 234 g/mol. The SMILES string of the molecule is CCC(C)N(C)c1cc(C)nc(C)c1C(=N)N. The molecule has 0 radical (unpaired) electrons. The van der Waals surface area contributed by atoms with Crippen LogP contribution in [0.5, 0.6) is 0 Å². The zero-order chi connectivity index (χ0) is 13.2. The molecule has 1 aromatic rings. The Morgan fingerprint density at radius 2 is 2.12 bits per heavy atom. The minimum absolute atomic E-state index is 0.0835. The van der Waals surface area contributed by atoms with Crippen molar-refractivity contribution in [3.05, 3.63) is 23.0 Å². The summed E-state index contributed by atoms with van der Waals surface area (Å²) in [6.45, 7) is 8.17. The van der Waals surface area contributed by atoms with Crippen LogP contribution in [0.2, 0.25) is 0 Å². The number of pyridine rings is 1. The molecule has 0 aromatic carbocycles. The number of aryl methyl sites for hydroxylation is 2. The lowest BCUT2D eigenvalue weighted by Crippen LogP contribution is -2.31. The summed E-state index contributed by atoms with van der Waals surface area (Å²) in [6, 6.07) is 2.41. The molecule has 4 heteroatoms. The van der Waals surface area contributed by atoms with Crippen LogP contribution in [0.3, 0.4) is 0 Å². The Morgan fingerprint density at radius 3 is 2.59 bits per heavy atom. The van der Waals surface area contributed by atoms with Crippen LogP contribution in [0.4, 0.5) is 5.69 Å². The molecular formula is C13H22N4. The predicted octanol–water partition coefficient (Wildman–Crippen LogP) is 2.22. The third-order valence-electron chi connectivity index (χ3n) is 3.21. The topological polar surface area (TPSA) is 66.0 Å². The molecule has 0 saturated heterocycles. The fourth-order valence-corrected chi connectivity index (χ4v) is 1.93. The van der Waals surface area contributed by atoms with Gasteiger partial charge >= 0.3 is 0 Å². The highest BCUT2D eigenvalue weighted by Crippen LogP contribution is 2.24. The van der Waals surface area contributed by atoms with Gasteiger partial charge in [0.1, 0.15) is 5.84 Å². The molecule has 1 rings (SSSR count). The highest BCUT2D eigenvalue weighted by atomic mass is 15.1. The molecule has 0 aliphatic rings. The van der Waals surface area contributed by atoms with Crippen LogP contribution < -0.4 is 10.6 Å². The molecular weight excluding hydrogens is 212 g/mol. The quantitative estimate of drug-likeness (QED) is 0.620. The van der Waals surface area contributed by atoms with Crippen molar-refractivity contribution in [1.82, 2.24) is 4.98 Å².